The van der Waals surface area contributed by atoms with Crippen LogP contribution in [0.4, 0.5) is 0 Å². The van der Waals surface area contributed by atoms with Crippen LogP contribution in [-0.2, 0) is 15.8 Å². The number of hydrogen-bond donors (Lipinski definition) is 0. The molecule has 0 N–H and O–H groups in total. The fourth-order valence-electron chi connectivity index (χ4n) is 3.06. The molecule has 4 rings (SSSR count). The Kier molecular flexibility index (Phi) is 5.93. The quantitative estimate of drug-likeness (QED) is 0.493. The number of para-hydroxylation sites is 1. The zero-order valence-corrected chi connectivity index (χ0v) is 17.5. The predicted molar refractivity (Wildman–Crippen MR) is 107 cm³/mol. The molecule has 29 heavy (non-hydrogen) atoms. The molecular weight excluding hydrogens is 414 g/mol. The third-order valence-electron chi connectivity index (χ3n) is 4.46. The Hall–Kier alpha value is -2.30. The molecule has 0 bridgehead atoms. The van der Waals surface area contributed by atoms with Crippen LogP contribution in [0.15, 0.2) is 55.5 Å². The Morgan fingerprint density at radius 2 is 1.90 bits per heavy atom. The van der Waals surface area contributed by atoms with Gasteiger partial charge in [-0.2, -0.15) is 4.31 Å². The summed E-state index contributed by atoms with van der Waals surface area (Å²) in [7, 11) is -3.55. The minimum absolute atomic E-state index is 0.0214. The minimum Gasteiger partial charge on any atom is -0.493 e. The van der Waals surface area contributed by atoms with Crippen molar-refractivity contribution in [1.29, 1.82) is 0 Å². The molecule has 1 fully saturated rings. The van der Waals surface area contributed by atoms with E-state index in [0.29, 0.717) is 48.1 Å². The van der Waals surface area contributed by atoms with E-state index < -0.39 is 10.0 Å². The van der Waals surface area contributed by atoms with Crippen molar-refractivity contribution in [2.45, 2.75) is 35.8 Å². The maximum Gasteiger partial charge on any atom is 0.277 e. The molecule has 1 saturated heterocycles. The fourth-order valence-corrected chi connectivity index (χ4v) is 5.17. The molecule has 154 valence electrons. The first-order valence-corrected chi connectivity index (χ1v) is 11.8. The molecule has 1 aliphatic heterocycles. The van der Waals surface area contributed by atoms with Gasteiger partial charge in [0.25, 0.3) is 21.1 Å². The highest BCUT2D eigenvalue weighted by Gasteiger charge is 2.30. The van der Waals surface area contributed by atoms with E-state index in [0.717, 1.165) is 18.4 Å². The number of rotatable bonds is 8. The number of sulfonamides is 1. The van der Waals surface area contributed by atoms with Crippen molar-refractivity contribution < 1.29 is 22.0 Å². The van der Waals surface area contributed by atoms with Crippen LogP contribution in [0.1, 0.15) is 25.5 Å². The number of nitrogens with zero attached hydrogens (tertiary/aromatic N) is 3. The number of thioether (sulfide) groups is 1. The van der Waals surface area contributed by atoms with Gasteiger partial charge >= 0.3 is 0 Å². The first-order valence-electron chi connectivity index (χ1n) is 9.35. The van der Waals surface area contributed by atoms with E-state index in [-0.39, 0.29) is 5.09 Å². The lowest BCUT2D eigenvalue weighted by atomic mass is 10.2. The molecule has 0 atom stereocenters. The van der Waals surface area contributed by atoms with Crippen LogP contribution < -0.4 is 4.74 Å². The second kappa shape index (κ2) is 8.60. The summed E-state index contributed by atoms with van der Waals surface area (Å²) in [6.45, 7) is 3.53. The lowest BCUT2D eigenvalue weighted by Crippen LogP contribution is -2.27. The van der Waals surface area contributed by atoms with Gasteiger partial charge in [0, 0.05) is 13.1 Å². The maximum atomic E-state index is 12.5. The Balaban J connectivity index is 1.43. The van der Waals surface area contributed by atoms with Crippen molar-refractivity contribution in [2.24, 2.45) is 0 Å². The first-order chi connectivity index (χ1) is 14.1. The van der Waals surface area contributed by atoms with Gasteiger partial charge in [0.1, 0.15) is 11.5 Å². The van der Waals surface area contributed by atoms with Crippen LogP contribution in [0.25, 0.3) is 11.5 Å². The second-order valence-corrected chi connectivity index (χ2v) is 9.22. The molecule has 3 aromatic rings. The van der Waals surface area contributed by atoms with Crippen molar-refractivity contribution in [2.75, 3.05) is 19.7 Å². The fraction of sp³-hybridized carbons (Fsp3) is 0.368. The Morgan fingerprint density at radius 3 is 2.69 bits per heavy atom. The van der Waals surface area contributed by atoms with E-state index in [1.54, 1.807) is 6.07 Å². The molecule has 2 aromatic heterocycles. The van der Waals surface area contributed by atoms with Gasteiger partial charge in [0.2, 0.25) is 5.09 Å². The summed E-state index contributed by atoms with van der Waals surface area (Å²) < 4.78 is 43.4. The lowest BCUT2D eigenvalue weighted by molar-refractivity contribution is 0.340. The summed E-state index contributed by atoms with van der Waals surface area (Å²) in [5.41, 5.74) is 0.727. The average molecular weight is 436 g/mol. The topological polar surface area (TPSA) is 98.7 Å². The highest BCUT2D eigenvalue weighted by atomic mass is 32.2. The Bertz CT molecular complexity index is 1070. The van der Waals surface area contributed by atoms with Gasteiger partial charge in [-0.05, 0) is 44.0 Å². The van der Waals surface area contributed by atoms with Gasteiger partial charge in [-0.3, -0.25) is 0 Å². The summed E-state index contributed by atoms with van der Waals surface area (Å²) in [6.07, 6.45) is 1.77. The van der Waals surface area contributed by atoms with Crippen LogP contribution in [0.3, 0.4) is 0 Å². The number of benzene rings is 1. The van der Waals surface area contributed by atoms with E-state index in [1.807, 2.05) is 31.2 Å². The van der Waals surface area contributed by atoms with Crippen LogP contribution >= 0.6 is 11.8 Å². The van der Waals surface area contributed by atoms with Crippen LogP contribution in [-0.4, -0.2) is 42.6 Å². The zero-order valence-electron chi connectivity index (χ0n) is 15.9. The van der Waals surface area contributed by atoms with Crippen molar-refractivity contribution in [1.82, 2.24) is 14.5 Å². The largest absolute Gasteiger partial charge is 0.493 e. The first kappa shape index (κ1) is 20.0. The summed E-state index contributed by atoms with van der Waals surface area (Å²) in [4.78, 5) is 0. The van der Waals surface area contributed by atoms with Gasteiger partial charge in [-0.1, -0.05) is 23.9 Å². The monoisotopic (exact) mass is 435 g/mol. The van der Waals surface area contributed by atoms with Crippen molar-refractivity contribution >= 4 is 21.8 Å². The third kappa shape index (κ3) is 4.34. The SMILES string of the molecule is CCOc1ccccc1-c1nnc(SCc2ccc(S(=O)(=O)N3CCCC3)o2)o1. The molecule has 0 saturated carbocycles. The van der Waals surface area contributed by atoms with Crippen LogP contribution in [0, 0.1) is 0 Å². The van der Waals surface area contributed by atoms with Crippen LogP contribution in [0.5, 0.6) is 5.75 Å². The minimum atomic E-state index is -3.55. The van der Waals surface area contributed by atoms with E-state index in [1.165, 1.54) is 22.1 Å². The average Bonchev–Trinajstić information content (AvgIpc) is 3.49. The van der Waals surface area contributed by atoms with Gasteiger partial charge in [-0.25, -0.2) is 8.42 Å². The number of hydrogen-bond acceptors (Lipinski definition) is 8. The van der Waals surface area contributed by atoms with E-state index in [4.69, 9.17) is 13.6 Å². The highest BCUT2D eigenvalue weighted by molar-refractivity contribution is 7.98. The summed E-state index contributed by atoms with van der Waals surface area (Å²) in [6, 6.07) is 10.6. The predicted octanol–water partition coefficient (Wildman–Crippen LogP) is 3.81. The van der Waals surface area contributed by atoms with Gasteiger partial charge in [0.15, 0.2) is 0 Å². The van der Waals surface area contributed by atoms with E-state index >= 15 is 0 Å². The molecular formula is C19H21N3O5S2. The van der Waals surface area contributed by atoms with Crippen LogP contribution in [0.2, 0.25) is 0 Å². The molecule has 0 spiro atoms. The van der Waals surface area contributed by atoms with E-state index in [9.17, 15) is 8.42 Å². The molecule has 10 heteroatoms. The molecule has 8 nitrogen and oxygen atoms in total. The van der Waals surface area contributed by atoms with Crippen molar-refractivity contribution in [3.05, 3.63) is 42.2 Å². The lowest BCUT2D eigenvalue weighted by Gasteiger charge is -2.12. The number of aromatic nitrogens is 2. The second-order valence-electron chi connectivity index (χ2n) is 6.42. The number of furan rings is 1. The zero-order chi connectivity index (χ0) is 20.3. The smallest absolute Gasteiger partial charge is 0.277 e. The highest BCUT2D eigenvalue weighted by Crippen LogP contribution is 2.32. The summed E-state index contributed by atoms with van der Waals surface area (Å²) >= 11 is 1.28. The van der Waals surface area contributed by atoms with Gasteiger partial charge in [0.05, 0.1) is 17.9 Å². The molecule has 1 aromatic carbocycles. The Labute approximate surface area is 173 Å². The molecule has 0 unspecified atom stereocenters. The standard InChI is InChI=1S/C19H21N3O5S2/c1-2-25-16-8-4-3-7-15(16)18-20-21-19(27-18)28-13-14-9-10-17(26-14)29(23,24)22-11-5-6-12-22/h3-4,7-10H,2,5-6,11-13H2,1H3. The van der Waals surface area contributed by atoms with Gasteiger partial charge < -0.3 is 13.6 Å². The van der Waals surface area contributed by atoms with Crippen molar-refractivity contribution in [3.63, 3.8) is 0 Å². The number of ether oxygens (including phenoxy) is 1. The molecule has 3 heterocycles. The Morgan fingerprint density at radius 1 is 1.10 bits per heavy atom. The molecule has 1 aliphatic rings. The van der Waals surface area contributed by atoms with E-state index in [2.05, 4.69) is 10.2 Å². The molecule has 0 amide bonds. The molecule has 0 aliphatic carbocycles. The van der Waals surface area contributed by atoms with Crippen molar-refractivity contribution in [3.8, 4) is 17.2 Å². The summed E-state index contributed by atoms with van der Waals surface area (Å²) in [5.74, 6) is 1.96. The normalized spacial score (nSPS) is 15.1. The van der Waals surface area contributed by atoms with Gasteiger partial charge in [-0.15, -0.1) is 10.2 Å². The maximum absolute atomic E-state index is 12.5. The summed E-state index contributed by atoms with van der Waals surface area (Å²) in [5, 5.41) is 8.48. The third-order valence-corrected chi connectivity index (χ3v) is 7.07. The molecule has 0 radical (unpaired) electrons.